The van der Waals surface area contributed by atoms with E-state index in [9.17, 15) is 4.79 Å². The Morgan fingerprint density at radius 2 is 1.94 bits per heavy atom. The van der Waals surface area contributed by atoms with Crippen LogP contribution in [0.1, 0.15) is 6.42 Å². The largest absolute Gasteiger partial charge is 0.508 e. The second kappa shape index (κ2) is 6.26. The lowest BCUT2D eigenvalue weighted by molar-refractivity contribution is -0.132. The van der Waals surface area contributed by atoms with Crippen LogP contribution >= 0.6 is 0 Å². The number of carbonyl (C=O) groups excluding carboxylic acids is 1. The molecule has 0 bridgehead atoms. The van der Waals surface area contributed by atoms with Crippen molar-refractivity contribution in [3.05, 3.63) is 24.3 Å². The minimum Gasteiger partial charge on any atom is -0.508 e. The maximum atomic E-state index is 11.8. The van der Waals surface area contributed by atoms with Crippen LogP contribution in [0.4, 0.5) is 0 Å². The first-order chi connectivity index (χ1) is 8.75. The number of phenols is 1. The molecule has 1 saturated heterocycles. The summed E-state index contributed by atoms with van der Waals surface area (Å²) in [5.74, 6) is 1.01. The quantitative estimate of drug-likeness (QED) is 0.821. The van der Waals surface area contributed by atoms with E-state index >= 15 is 0 Å². The summed E-state index contributed by atoms with van der Waals surface area (Å²) in [6.45, 7) is 3.65. The third-order valence-corrected chi connectivity index (χ3v) is 2.89. The summed E-state index contributed by atoms with van der Waals surface area (Å²) in [6, 6.07) is 6.50. The van der Waals surface area contributed by atoms with Gasteiger partial charge in [-0.2, -0.15) is 0 Å². The summed E-state index contributed by atoms with van der Waals surface area (Å²) >= 11 is 0. The van der Waals surface area contributed by atoms with Crippen molar-refractivity contribution in [3.8, 4) is 11.5 Å². The Morgan fingerprint density at radius 1 is 1.28 bits per heavy atom. The van der Waals surface area contributed by atoms with Gasteiger partial charge in [-0.1, -0.05) is 0 Å². The number of benzene rings is 1. The number of amides is 1. The van der Waals surface area contributed by atoms with E-state index in [2.05, 4.69) is 5.32 Å². The third kappa shape index (κ3) is 3.63. The molecule has 98 valence electrons. The number of ether oxygens (including phenoxy) is 1. The molecule has 0 atom stereocenters. The molecule has 1 amide bonds. The van der Waals surface area contributed by atoms with Crippen molar-refractivity contribution in [3.63, 3.8) is 0 Å². The van der Waals surface area contributed by atoms with Gasteiger partial charge in [0.2, 0.25) is 5.91 Å². The first kappa shape index (κ1) is 12.7. The van der Waals surface area contributed by atoms with Crippen LogP contribution in [0.25, 0.3) is 0 Å². The molecule has 2 rings (SSSR count). The second-order valence-electron chi connectivity index (χ2n) is 4.22. The van der Waals surface area contributed by atoms with Gasteiger partial charge >= 0.3 is 0 Å². The number of rotatable bonds is 4. The summed E-state index contributed by atoms with van der Waals surface area (Å²) in [5, 5.41) is 12.3. The van der Waals surface area contributed by atoms with Crippen molar-refractivity contribution in [2.45, 2.75) is 6.42 Å². The molecule has 1 aliphatic heterocycles. The molecule has 0 aliphatic carbocycles. The highest BCUT2D eigenvalue weighted by Gasteiger charge is 2.15. The average molecular weight is 250 g/mol. The molecular formula is C13H18N2O3. The number of phenolic OH excluding ortho intramolecular Hbond substituents is 1. The number of carbonyl (C=O) groups is 1. The summed E-state index contributed by atoms with van der Waals surface area (Å²) < 4.78 is 5.45. The molecule has 0 aromatic heterocycles. The third-order valence-electron chi connectivity index (χ3n) is 2.89. The van der Waals surface area contributed by atoms with E-state index in [4.69, 9.17) is 9.84 Å². The van der Waals surface area contributed by atoms with Gasteiger partial charge in [-0.15, -0.1) is 0 Å². The summed E-state index contributed by atoms with van der Waals surface area (Å²) in [5.41, 5.74) is 0. The maximum Gasteiger partial charge on any atom is 0.226 e. The fourth-order valence-corrected chi connectivity index (χ4v) is 1.87. The topological polar surface area (TPSA) is 61.8 Å². The predicted molar refractivity (Wildman–Crippen MR) is 67.7 cm³/mol. The first-order valence-corrected chi connectivity index (χ1v) is 6.16. The van der Waals surface area contributed by atoms with Gasteiger partial charge in [-0.05, 0) is 24.3 Å². The number of hydrogen-bond donors (Lipinski definition) is 2. The van der Waals surface area contributed by atoms with Crippen molar-refractivity contribution in [1.29, 1.82) is 0 Å². The van der Waals surface area contributed by atoms with Crippen LogP contribution in [0, 0.1) is 0 Å². The molecule has 1 heterocycles. The average Bonchev–Trinajstić information content (AvgIpc) is 2.42. The lowest BCUT2D eigenvalue weighted by atomic mass is 10.3. The molecular weight excluding hydrogens is 232 g/mol. The van der Waals surface area contributed by atoms with Crippen molar-refractivity contribution in [2.24, 2.45) is 0 Å². The molecule has 5 nitrogen and oxygen atoms in total. The van der Waals surface area contributed by atoms with Gasteiger partial charge in [0.1, 0.15) is 11.5 Å². The van der Waals surface area contributed by atoms with Crippen LogP contribution in [-0.2, 0) is 4.79 Å². The predicted octanol–water partition coefficient (Wildman–Crippen LogP) is 0.593. The van der Waals surface area contributed by atoms with E-state index in [0.717, 1.165) is 26.2 Å². The standard InChI is InChI=1S/C13H18N2O3/c16-11-1-3-12(4-2-11)18-10-5-13(17)15-8-6-14-7-9-15/h1-4,14,16H,5-10H2. The monoisotopic (exact) mass is 250 g/mol. The molecule has 1 aliphatic rings. The zero-order valence-electron chi connectivity index (χ0n) is 10.3. The fraction of sp³-hybridized carbons (Fsp3) is 0.462. The SMILES string of the molecule is O=C(CCOc1ccc(O)cc1)N1CCNCC1. The highest BCUT2D eigenvalue weighted by Crippen LogP contribution is 2.16. The number of nitrogens with zero attached hydrogens (tertiary/aromatic N) is 1. The van der Waals surface area contributed by atoms with Crippen molar-refractivity contribution >= 4 is 5.91 Å². The smallest absolute Gasteiger partial charge is 0.226 e. The zero-order valence-corrected chi connectivity index (χ0v) is 10.3. The number of hydrogen-bond acceptors (Lipinski definition) is 4. The molecule has 5 heteroatoms. The molecule has 0 spiro atoms. The first-order valence-electron chi connectivity index (χ1n) is 6.16. The van der Waals surface area contributed by atoms with Crippen LogP contribution in [0.2, 0.25) is 0 Å². The molecule has 1 fully saturated rings. The van der Waals surface area contributed by atoms with E-state index < -0.39 is 0 Å². The molecule has 2 N–H and O–H groups in total. The Bertz CT molecular complexity index is 386. The minimum absolute atomic E-state index is 0.135. The Hall–Kier alpha value is -1.75. The van der Waals surface area contributed by atoms with Crippen LogP contribution < -0.4 is 10.1 Å². The van der Waals surface area contributed by atoms with Crippen LogP contribution in [0.3, 0.4) is 0 Å². The summed E-state index contributed by atoms with van der Waals surface area (Å²) in [4.78, 5) is 13.7. The van der Waals surface area contributed by atoms with Crippen molar-refractivity contribution in [1.82, 2.24) is 10.2 Å². The van der Waals surface area contributed by atoms with Gasteiger partial charge < -0.3 is 20.1 Å². The Morgan fingerprint density at radius 3 is 2.61 bits per heavy atom. The summed E-state index contributed by atoms with van der Waals surface area (Å²) in [7, 11) is 0. The summed E-state index contributed by atoms with van der Waals surface area (Å²) in [6.07, 6.45) is 0.390. The molecule has 18 heavy (non-hydrogen) atoms. The van der Waals surface area contributed by atoms with Crippen LogP contribution in [-0.4, -0.2) is 48.7 Å². The Labute approximate surface area is 106 Å². The second-order valence-corrected chi connectivity index (χ2v) is 4.22. The van der Waals surface area contributed by atoms with Gasteiger partial charge in [0.05, 0.1) is 13.0 Å². The van der Waals surface area contributed by atoms with Crippen molar-refractivity contribution in [2.75, 3.05) is 32.8 Å². The van der Waals surface area contributed by atoms with Gasteiger partial charge in [0.25, 0.3) is 0 Å². The normalized spacial score (nSPS) is 15.4. The number of piperazine rings is 1. The van der Waals surface area contributed by atoms with Crippen LogP contribution in [0.5, 0.6) is 11.5 Å². The fourth-order valence-electron chi connectivity index (χ4n) is 1.87. The molecule has 1 aromatic rings. The van der Waals surface area contributed by atoms with E-state index in [0.29, 0.717) is 18.8 Å². The van der Waals surface area contributed by atoms with E-state index in [-0.39, 0.29) is 11.7 Å². The molecule has 0 saturated carbocycles. The minimum atomic E-state index is 0.135. The van der Waals surface area contributed by atoms with E-state index in [1.807, 2.05) is 4.90 Å². The number of nitrogens with one attached hydrogen (secondary N) is 1. The van der Waals surface area contributed by atoms with E-state index in [1.165, 1.54) is 0 Å². The lowest BCUT2D eigenvalue weighted by Crippen LogP contribution is -2.46. The highest BCUT2D eigenvalue weighted by atomic mass is 16.5. The molecule has 1 aromatic carbocycles. The van der Waals surface area contributed by atoms with Gasteiger partial charge in [0.15, 0.2) is 0 Å². The van der Waals surface area contributed by atoms with E-state index in [1.54, 1.807) is 24.3 Å². The van der Waals surface area contributed by atoms with Gasteiger partial charge in [-0.25, -0.2) is 0 Å². The van der Waals surface area contributed by atoms with Gasteiger partial charge in [-0.3, -0.25) is 4.79 Å². The Kier molecular flexibility index (Phi) is 4.41. The maximum absolute atomic E-state index is 11.8. The number of aromatic hydroxyl groups is 1. The van der Waals surface area contributed by atoms with Crippen molar-refractivity contribution < 1.29 is 14.6 Å². The zero-order chi connectivity index (χ0) is 12.8. The van der Waals surface area contributed by atoms with Crippen LogP contribution in [0.15, 0.2) is 24.3 Å². The molecule has 0 radical (unpaired) electrons. The lowest BCUT2D eigenvalue weighted by Gasteiger charge is -2.27. The van der Waals surface area contributed by atoms with Gasteiger partial charge in [0, 0.05) is 26.2 Å². The molecule has 0 unspecified atom stereocenters. The highest BCUT2D eigenvalue weighted by molar-refractivity contribution is 5.76. The Balaban J connectivity index is 1.71.